The Balaban J connectivity index is -0.00000000667. The lowest BCUT2D eigenvalue weighted by Crippen LogP contribution is -1.57. The second kappa shape index (κ2) is 65.7. The molecule has 6 heavy (non-hydrogen) atoms. The monoisotopic (exact) mass is 118 g/mol. The van der Waals surface area contributed by atoms with Gasteiger partial charge >= 0.3 is 0 Å². The van der Waals surface area contributed by atoms with Crippen LogP contribution in [0.2, 0.25) is 0 Å². The molecule has 0 bridgehead atoms. The summed E-state index contributed by atoms with van der Waals surface area (Å²) in [5.41, 5.74) is 0. The van der Waals surface area contributed by atoms with Crippen molar-refractivity contribution in [2.24, 2.45) is 0 Å². The van der Waals surface area contributed by atoms with Crippen molar-refractivity contribution in [3.63, 3.8) is 0 Å². The first-order valence-electron chi connectivity index (χ1n) is 1.02. The van der Waals surface area contributed by atoms with E-state index in [1.54, 1.807) is 6.92 Å². The van der Waals surface area contributed by atoms with E-state index in [4.69, 9.17) is 5.11 Å². The standard InChI is InChI=1S/C2H6O.ClH.2H2O/c1-2-3;;;/h3H,2H2,1H3;1H;2*1H2. The lowest BCUT2D eigenvalue weighted by molar-refractivity contribution is 0.318. The molecule has 0 atom stereocenters. The molecule has 0 aromatic rings. The van der Waals surface area contributed by atoms with E-state index >= 15 is 0 Å². The molecule has 0 saturated heterocycles. The predicted octanol–water partition coefficient (Wildman–Crippen LogP) is -1.23. The number of aliphatic hydroxyl groups is 1. The number of hydrogen-bond acceptors (Lipinski definition) is 1. The predicted molar refractivity (Wildman–Crippen MR) is 27.2 cm³/mol. The first-order valence-corrected chi connectivity index (χ1v) is 1.02. The Morgan fingerprint density at radius 3 is 1.33 bits per heavy atom. The summed E-state index contributed by atoms with van der Waals surface area (Å²) < 4.78 is 0. The maximum absolute atomic E-state index is 7.57. The van der Waals surface area contributed by atoms with E-state index in [0.29, 0.717) is 0 Å². The van der Waals surface area contributed by atoms with Crippen molar-refractivity contribution in [3.05, 3.63) is 0 Å². The van der Waals surface area contributed by atoms with Gasteiger partial charge in [-0.3, -0.25) is 0 Å². The number of halogens is 1. The topological polar surface area (TPSA) is 83.2 Å². The molecular formula is C2H11ClO3. The second-order valence-electron chi connectivity index (χ2n) is 0.316. The van der Waals surface area contributed by atoms with Crippen LogP contribution in [0, 0.1) is 0 Å². The van der Waals surface area contributed by atoms with E-state index in [0.717, 1.165) is 0 Å². The number of hydrogen-bond donors (Lipinski definition) is 1. The van der Waals surface area contributed by atoms with Gasteiger partial charge in [0.25, 0.3) is 0 Å². The highest BCUT2D eigenvalue weighted by Gasteiger charge is 1.34. The minimum atomic E-state index is 0. The molecule has 0 unspecified atom stereocenters. The van der Waals surface area contributed by atoms with Gasteiger partial charge in [0.05, 0.1) is 0 Å². The molecular weight excluding hydrogens is 107 g/mol. The van der Waals surface area contributed by atoms with Crippen molar-refractivity contribution in [1.82, 2.24) is 0 Å². The van der Waals surface area contributed by atoms with E-state index in [2.05, 4.69) is 0 Å². The Bertz CT molecular complexity index is 8.75. The Labute approximate surface area is 43.0 Å². The fourth-order valence-corrected chi connectivity index (χ4v) is 0. The summed E-state index contributed by atoms with van der Waals surface area (Å²) in [7, 11) is 0. The summed E-state index contributed by atoms with van der Waals surface area (Å²) in [6, 6.07) is 0. The molecule has 0 rings (SSSR count). The van der Waals surface area contributed by atoms with E-state index in [1.807, 2.05) is 0 Å². The molecule has 3 nitrogen and oxygen atoms in total. The van der Waals surface area contributed by atoms with Gasteiger partial charge in [0, 0.05) is 6.61 Å². The summed E-state index contributed by atoms with van der Waals surface area (Å²) in [4.78, 5) is 0. The molecule has 0 amide bonds. The van der Waals surface area contributed by atoms with Crippen molar-refractivity contribution in [1.29, 1.82) is 0 Å². The molecule has 0 aromatic heterocycles. The van der Waals surface area contributed by atoms with Crippen LogP contribution in [0.4, 0.5) is 0 Å². The zero-order chi connectivity index (χ0) is 2.71. The SMILES string of the molecule is CCO.Cl.O.O. The molecule has 4 heteroatoms. The quantitative estimate of drug-likeness (QED) is 0.425. The van der Waals surface area contributed by atoms with Crippen LogP contribution in [0.15, 0.2) is 0 Å². The van der Waals surface area contributed by atoms with E-state index in [-0.39, 0.29) is 30.0 Å². The Morgan fingerprint density at radius 2 is 1.33 bits per heavy atom. The number of aliphatic hydroxyl groups excluding tert-OH is 1. The fourth-order valence-electron chi connectivity index (χ4n) is 0. The molecule has 0 saturated carbocycles. The van der Waals surface area contributed by atoms with Gasteiger partial charge in [-0.1, -0.05) is 0 Å². The average molecular weight is 119 g/mol. The van der Waals surface area contributed by atoms with Crippen LogP contribution in [0.1, 0.15) is 6.92 Å². The van der Waals surface area contributed by atoms with Crippen molar-refractivity contribution in [2.75, 3.05) is 6.61 Å². The van der Waals surface area contributed by atoms with Crippen molar-refractivity contribution >= 4 is 12.4 Å². The molecule has 44 valence electrons. The average Bonchev–Trinajstić information content (AvgIpc) is 0.918. The van der Waals surface area contributed by atoms with E-state index in [1.165, 1.54) is 0 Å². The molecule has 0 radical (unpaired) electrons. The van der Waals surface area contributed by atoms with Crippen LogP contribution < -0.4 is 0 Å². The highest BCUT2D eigenvalue weighted by Crippen LogP contribution is 1.30. The van der Waals surface area contributed by atoms with Crippen LogP contribution in [0.3, 0.4) is 0 Å². The van der Waals surface area contributed by atoms with Crippen LogP contribution in [0.5, 0.6) is 0 Å². The number of rotatable bonds is 0. The van der Waals surface area contributed by atoms with Gasteiger partial charge in [-0.05, 0) is 6.92 Å². The lowest BCUT2D eigenvalue weighted by atomic mass is 10.9. The first kappa shape index (κ1) is 35.0. The third-order valence-electron chi connectivity index (χ3n) is 0. The molecule has 0 aliphatic rings. The third kappa shape index (κ3) is 1450. The molecule has 0 aliphatic heterocycles. The van der Waals surface area contributed by atoms with Gasteiger partial charge < -0.3 is 16.1 Å². The highest BCUT2D eigenvalue weighted by atomic mass is 35.5. The zero-order valence-corrected chi connectivity index (χ0v) is 4.38. The maximum atomic E-state index is 7.57. The van der Waals surface area contributed by atoms with Gasteiger partial charge in [0.1, 0.15) is 0 Å². The van der Waals surface area contributed by atoms with Gasteiger partial charge in [-0.15, -0.1) is 12.4 Å². The second-order valence-corrected chi connectivity index (χ2v) is 0.316. The van der Waals surface area contributed by atoms with Gasteiger partial charge in [0.15, 0.2) is 0 Å². The van der Waals surface area contributed by atoms with E-state index in [9.17, 15) is 0 Å². The van der Waals surface area contributed by atoms with Crippen LogP contribution >= 0.6 is 12.4 Å². The lowest BCUT2D eigenvalue weighted by Gasteiger charge is -1.52. The molecule has 5 N–H and O–H groups in total. The summed E-state index contributed by atoms with van der Waals surface area (Å²) in [6.45, 7) is 1.93. The molecule has 0 heterocycles. The third-order valence-corrected chi connectivity index (χ3v) is 0. The smallest absolute Gasteiger partial charge is 0.0402 e. The summed E-state index contributed by atoms with van der Waals surface area (Å²) in [5, 5.41) is 7.57. The van der Waals surface area contributed by atoms with Crippen LogP contribution in [-0.4, -0.2) is 22.7 Å². The highest BCUT2D eigenvalue weighted by molar-refractivity contribution is 5.85. The summed E-state index contributed by atoms with van der Waals surface area (Å²) in [6.07, 6.45) is 0. The molecule has 0 spiro atoms. The van der Waals surface area contributed by atoms with Gasteiger partial charge in [-0.2, -0.15) is 0 Å². The van der Waals surface area contributed by atoms with E-state index < -0.39 is 0 Å². The van der Waals surface area contributed by atoms with Crippen molar-refractivity contribution in [3.8, 4) is 0 Å². The molecule has 0 fully saturated rings. The van der Waals surface area contributed by atoms with Crippen molar-refractivity contribution in [2.45, 2.75) is 6.92 Å². The Morgan fingerprint density at radius 1 is 1.33 bits per heavy atom. The summed E-state index contributed by atoms with van der Waals surface area (Å²) in [5.74, 6) is 0. The first-order chi connectivity index (χ1) is 1.41. The van der Waals surface area contributed by atoms with Crippen LogP contribution in [0.25, 0.3) is 0 Å². The fraction of sp³-hybridized carbons (Fsp3) is 1.00. The minimum absolute atomic E-state index is 0. The largest absolute Gasteiger partial charge is 0.412 e. The molecule has 0 aliphatic carbocycles. The van der Waals surface area contributed by atoms with Crippen molar-refractivity contribution < 1.29 is 16.1 Å². The molecule has 0 aromatic carbocycles. The minimum Gasteiger partial charge on any atom is -0.412 e. The maximum Gasteiger partial charge on any atom is 0.0402 e. The van der Waals surface area contributed by atoms with Crippen LogP contribution in [-0.2, 0) is 0 Å². The zero-order valence-electron chi connectivity index (χ0n) is 3.56. The van der Waals surface area contributed by atoms with Gasteiger partial charge in [-0.25, -0.2) is 0 Å². The normalized spacial score (nSPS) is 3.00. The summed E-state index contributed by atoms with van der Waals surface area (Å²) >= 11 is 0. The Hall–Kier alpha value is 0.170. The van der Waals surface area contributed by atoms with Gasteiger partial charge in [0.2, 0.25) is 0 Å². The Kier molecular flexibility index (Phi) is 383.